The fraction of sp³-hybridized carbons (Fsp3) is 0.429. The van der Waals surface area contributed by atoms with E-state index in [1.807, 2.05) is 39.0 Å². The number of aromatic nitrogens is 1. The standard InChI is InChI=1S/C21H28ClN3O3/c1-7-16(11-27-6)25-17-10-14(4)24-21(18(17)20(26)23-5)28-19-12(2)8-15(22)9-13(19)3/h8-10,16H,7,11H2,1-6H3,(H,23,26)(H,24,25). The molecule has 1 unspecified atom stereocenters. The third-order valence-electron chi connectivity index (χ3n) is 4.41. The molecule has 0 saturated carbocycles. The fourth-order valence-corrected chi connectivity index (χ4v) is 3.34. The van der Waals surface area contributed by atoms with E-state index in [4.69, 9.17) is 21.1 Å². The predicted molar refractivity (Wildman–Crippen MR) is 113 cm³/mol. The molecule has 1 aromatic carbocycles. The Morgan fingerprint density at radius 3 is 2.39 bits per heavy atom. The second-order valence-corrected chi connectivity index (χ2v) is 7.18. The van der Waals surface area contributed by atoms with Crippen LogP contribution < -0.4 is 15.4 Å². The molecule has 6 nitrogen and oxygen atoms in total. The fourth-order valence-electron chi connectivity index (χ4n) is 3.01. The lowest BCUT2D eigenvalue weighted by Crippen LogP contribution is -2.27. The number of methoxy groups -OCH3 is 1. The van der Waals surface area contributed by atoms with Crippen LogP contribution in [0.4, 0.5) is 5.69 Å². The SMILES string of the molecule is CCC(COC)Nc1cc(C)nc(Oc2c(C)cc(Cl)cc2C)c1C(=O)NC. The van der Waals surface area contributed by atoms with Crippen molar-refractivity contribution < 1.29 is 14.3 Å². The monoisotopic (exact) mass is 405 g/mol. The van der Waals surface area contributed by atoms with E-state index < -0.39 is 0 Å². The Morgan fingerprint density at radius 2 is 1.86 bits per heavy atom. The second kappa shape index (κ2) is 9.75. The molecule has 7 heteroatoms. The number of amides is 1. The third kappa shape index (κ3) is 5.14. The Balaban J connectivity index is 2.56. The number of halogens is 1. The van der Waals surface area contributed by atoms with Gasteiger partial charge in [-0.3, -0.25) is 4.79 Å². The zero-order chi connectivity index (χ0) is 20.8. The van der Waals surface area contributed by atoms with Gasteiger partial charge in [-0.1, -0.05) is 18.5 Å². The van der Waals surface area contributed by atoms with Gasteiger partial charge in [0.05, 0.1) is 12.3 Å². The Hall–Kier alpha value is -2.31. The average molecular weight is 406 g/mol. The van der Waals surface area contributed by atoms with Crippen molar-refractivity contribution in [3.05, 3.63) is 45.6 Å². The number of nitrogens with zero attached hydrogens (tertiary/aromatic N) is 1. The van der Waals surface area contributed by atoms with Gasteiger partial charge in [0.15, 0.2) is 0 Å². The van der Waals surface area contributed by atoms with Crippen LogP contribution >= 0.6 is 11.6 Å². The van der Waals surface area contributed by atoms with Crippen molar-refractivity contribution in [1.29, 1.82) is 0 Å². The summed E-state index contributed by atoms with van der Waals surface area (Å²) in [6.45, 7) is 8.27. The predicted octanol–water partition coefficient (Wildman–Crippen LogP) is 4.65. The highest BCUT2D eigenvalue weighted by atomic mass is 35.5. The van der Waals surface area contributed by atoms with E-state index in [0.717, 1.165) is 23.2 Å². The summed E-state index contributed by atoms with van der Waals surface area (Å²) >= 11 is 6.13. The van der Waals surface area contributed by atoms with E-state index >= 15 is 0 Å². The van der Waals surface area contributed by atoms with Crippen LogP contribution in [0.3, 0.4) is 0 Å². The molecule has 2 N–H and O–H groups in total. The van der Waals surface area contributed by atoms with Crippen LogP contribution in [-0.2, 0) is 4.74 Å². The molecule has 28 heavy (non-hydrogen) atoms. The van der Waals surface area contributed by atoms with Crippen molar-refractivity contribution in [1.82, 2.24) is 10.3 Å². The molecule has 0 bridgehead atoms. The molecule has 1 atom stereocenters. The number of carbonyl (C=O) groups is 1. The van der Waals surface area contributed by atoms with Crippen LogP contribution in [0.2, 0.25) is 5.02 Å². The second-order valence-electron chi connectivity index (χ2n) is 6.75. The molecule has 0 aliphatic carbocycles. The highest BCUT2D eigenvalue weighted by molar-refractivity contribution is 6.30. The number of nitrogens with one attached hydrogen (secondary N) is 2. The number of hydrogen-bond donors (Lipinski definition) is 2. The van der Waals surface area contributed by atoms with E-state index in [9.17, 15) is 4.79 Å². The van der Waals surface area contributed by atoms with E-state index in [1.165, 1.54) is 0 Å². The minimum atomic E-state index is -0.276. The molecule has 0 fully saturated rings. The van der Waals surface area contributed by atoms with E-state index in [0.29, 0.717) is 28.6 Å². The largest absolute Gasteiger partial charge is 0.438 e. The summed E-state index contributed by atoms with van der Waals surface area (Å²) < 4.78 is 11.4. The van der Waals surface area contributed by atoms with Crippen LogP contribution in [0.15, 0.2) is 18.2 Å². The molecule has 0 radical (unpaired) electrons. The molecule has 152 valence electrons. The molecular formula is C21H28ClN3O3. The van der Waals surface area contributed by atoms with E-state index in [-0.39, 0.29) is 17.8 Å². The first-order chi connectivity index (χ1) is 13.3. The molecule has 0 aliphatic rings. The van der Waals surface area contributed by atoms with Gasteiger partial charge in [-0.2, -0.15) is 0 Å². The minimum absolute atomic E-state index is 0.0575. The lowest BCUT2D eigenvalue weighted by molar-refractivity contribution is 0.0960. The number of hydrogen-bond acceptors (Lipinski definition) is 5. The highest BCUT2D eigenvalue weighted by Gasteiger charge is 2.22. The number of aryl methyl sites for hydroxylation is 3. The van der Waals surface area contributed by atoms with Gasteiger partial charge in [0.2, 0.25) is 5.88 Å². The minimum Gasteiger partial charge on any atom is -0.438 e. The number of ether oxygens (including phenoxy) is 2. The quantitative estimate of drug-likeness (QED) is 0.668. The molecule has 1 aromatic heterocycles. The maximum atomic E-state index is 12.7. The summed E-state index contributed by atoms with van der Waals surface area (Å²) in [5.74, 6) is 0.617. The summed E-state index contributed by atoms with van der Waals surface area (Å²) in [4.78, 5) is 17.2. The van der Waals surface area contributed by atoms with Crippen LogP contribution in [0.5, 0.6) is 11.6 Å². The first-order valence-electron chi connectivity index (χ1n) is 9.24. The first kappa shape index (κ1) is 22.0. The number of pyridine rings is 1. The molecule has 0 spiro atoms. The van der Waals surface area contributed by atoms with Gasteiger partial charge in [0.25, 0.3) is 5.91 Å². The number of carbonyl (C=O) groups excluding carboxylic acids is 1. The van der Waals surface area contributed by atoms with Gasteiger partial charge < -0.3 is 20.1 Å². The average Bonchev–Trinajstić information content (AvgIpc) is 2.63. The van der Waals surface area contributed by atoms with Crippen LogP contribution in [0.25, 0.3) is 0 Å². The number of benzene rings is 1. The van der Waals surface area contributed by atoms with Gasteiger partial charge >= 0.3 is 0 Å². The van der Waals surface area contributed by atoms with Crippen molar-refractivity contribution in [3.8, 4) is 11.6 Å². The van der Waals surface area contributed by atoms with Gasteiger partial charge in [-0.15, -0.1) is 0 Å². The number of rotatable bonds is 8. The Morgan fingerprint density at radius 1 is 1.21 bits per heavy atom. The molecular weight excluding hydrogens is 378 g/mol. The normalized spacial score (nSPS) is 11.8. The summed E-state index contributed by atoms with van der Waals surface area (Å²) in [5.41, 5.74) is 3.50. The molecule has 2 rings (SSSR count). The summed E-state index contributed by atoms with van der Waals surface area (Å²) in [7, 11) is 3.24. The van der Waals surface area contributed by atoms with Gasteiger partial charge in [0.1, 0.15) is 11.3 Å². The maximum absolute atomic E-state index is 12.7. The maximum Gasteiger partial charge on any atom is 0.258 e. The van der Waals surface area contributed by atoms with Crippen molar-refractivity contribution in [3.63, 3.8) is 0 Å². The zero-order valence-electron chi connectivity index (χ0n) is 17.3. The van der Waals surface area contributed by atoms with Gasteiger partial charge in [-0.05, 0) is 56.5 Å². The van der Waals surface area contributed by atoms with Crippen LogP contribution in [0, 0.1) is 20.8 Å². The van der Waals surface area contributed by atoms with Crippen molar-refractivity contribution >= 4 is 23.2 Å². The van der Waals surface area contributed by atoms with Crippen molar-refractivity contribution in [2.45, 2.75) is 40.2 Å². The molecule has 1 heterocycles. The molecule has 1 amide bonds. The van der Waals surface area contributed by atoms with Crippen LogP contribution in [-0.4, -0.2) is 37.7 Å². The van der Waals surface area contributed by atoms with E-state index in [2.05, 4.69) is 22.5 Å². The first-order valence-corrected chi connectivity index (χ1v) is 9.62. The van der Waals surface area contributed by atoms with Crippen LogP contribution in [0.1, 0.15) is 40.5 Å². The zero-order valence-corrected chi connectivity index (χ0v) is 18.0. The molecule has 2 aromatic rings. The summed E-state index contributed by atoms with van der Waals surface area (Å²) in [6.07, 6.45) is 0.841. The van der Waals surface area contributed by atoms with Crippen molar-refractivity contribution in [2.75, 3.05) is 26.1 Å². The highest BCUT2D eigenvalue weighted by Crippen LogP contribution is 2.35. The Bertz CT molecular complexity index is 832. The number of anilines is 1. The smallest absolute Gasteiger partial charge is 0.258 e. The van der Waals surface area contributed by atoms with E-state index in [1.54, 1.807) is 14.2 Å². The van der Waals surface area contributed by atoms with Crippen molar-refractivity contribution in [2.24, 2.45) is 0 Å². The van der Waals surface area contributed by atoms with Gasteiger partial charge in [0, 0.05) is 30.9 Å². The lowest BCUT2D eigenvalue weighted by Gasteiger charge is -2.22. The molecule has 0 saturated heterocycles. The third-order valence-corrected chi connectivity index (χ3v) is 4.63. The summed E-state index contributed by atoms with van der Waals surface area (Å²) in [6, 6.07) is 5.55. The summed E-state index contributed by atoms with van der Waals surface area (Å²) in [5, 5.41) is 6.71. The Kier molecular flexibility index (Phi) is 7.66. The van der Waals surface area contributed by atoms with Gasteiger partial charge in [-0.25, -0.2) is 4.98 Å². The Labute approximate surface area is 171 Å². The lowest BCUT2D eigenvalue weighted by atomic mass is 10.1. The topological polar surface area (TPSA) is 72.5 Å². The molecule has 0 aliphatic heterocycles.